The van der Waals surface area contributed by atoms with Crippen molar-refractivity contribution in [2.24, 2.45) is 0 Å². The van der Waals surface area contributed by atoms with Crippen molar-refractivity contribution in [1.82, 2.24) is 4.57 Å². The summed E-state index contributed by atoms with van der Waals surface area (Å²) in [5, 5.41) is 0.572. The summed E-state index contributed by atoms with van der Waals surface area (Å²) >= 11 is 3.33. The quantitative estimate of drug-likeness (QED) is 0.801. The van der Waals surface area contributed by atoms with Crippen LogP contribution in [0.2, 0.25) is 0 Å². The van der Waals surface area contributed by atoms with Crippen molar-refractivity contribution in [3.05, 3.63) is 45.2 Å². The number of hydrogen-bond donors (Lipinski definition) is 0. The average molecular weight is 310 g/mol. The summed E-state index contributed by atoms with van der Waals surface area (Å²) in [4.78, 5) is 23.4. The standard InChI is InChI=1S/C13H12BrNO3/c1-8(13(17)18-2)15-6-5-12(16)10-7-9(14)3-4-11(10)15/h3-8H,1-2H3. The number of pyridine rings is 1. The van der Waals surface area contributed by atoms with E-state index >= 15 is 0 Å². The number of nitrogens with zero attached hydrogens (tertiary/aromatic N) is 1. The van der Waals surface area contributed by atoms with Crippen LogP contribution in [0, 0.1) is 0 Å². The van der Waals surface area contributed by atoms with Crippen molar-refractivity contribution >= 4 is 32.8 Å². The number of rotatable bonds is 2. The summed E-state index contributed by atoms with van der Waals surface area (Å²) in [6.45, 7) is 1.73. The Morgan fingerprint density at radius 1 is 1.39 bits per heavy atom. The van der Waals surface area contributed by atoms with Gasteiger partial charge in [-0.1, -0.05) is 15.9 Å². The molecule has 0 fully saturated rings. The summed E-state index contributed by atoms with van der Waals surface area (Å²) < 4.78 is 7.28. The molecule has 4 nitrogen and oxygen atoms in total. The Bertz CT molecular complexity index is 663. The molecule has 5 heteroatoms. The number of benzene rings is 1. The minimum absolute atomic E-state index is 0.0698. The van der Waals surface area contributed by atoms with Gasteiger partial charge >= 0.3 is 5.97 Å². The molecule has 0 aliphatic carbocycles. The lowest BCUT2D eigenvalue weighted by Crippen LogP contribution is -2.20. The maximum atomic E-state index is 11.8. The number of aromatic nitrogens is 1. The van der Waals surface area contributed by atoms with Crippen molar-refractivity contribution in [2.45, 2.75) is 13.0 Å². The van der Waals surface area contributed by atoms with E-state index in [1.54, 1.807) is 29.8 Å². The van der Waals surface area contributed by atoms with Crippen LogP contribution in [0.5, 0.6) is 0 Å². The maximum absolute atomic E-state index is 11.8. The minimum atomic E-state index is -0.473. The Kier molecular flexibility index (Phi) is 3.52. The summed E-state index contributed by atoms with van der Waals surface area (Å²) in [7, 11) is 1.35. The smallest absolute Gasteiger partial charge is 0.328 e. The number of hydrogen-bond acceptors (Lipinski definition) is 3. The molecule has 0 saturated heterocycles. The predicted molar refractivity (Wildman–Crippen MR) is 72.6 cm³/mol. The zero-order valence-electron chi connectivity index (χ0n) is 10.0. The fraction of sp³-hybridized carbons (Fsp3) is 0.231. The summed E-state index contributed by atoms with van der Waals surface area (Å²) in [5.74, 6) is -0.345. The Hall–Kier alpha value is -1.62. The number of ether oxygens (including phenoxy) is 1. The molecule has 0 bridgehead atoms. The second-order valence-electron chi connectivity index (χ2n) is 3.95. The van der Waals surface area contributed by atoms with Crippen molar-refractivity contribution in [3.63, 3.8) is 0 Å². The average Bonchev–Trinajstić information content (AvgIpc) is 2.38. The number of halogens is 1. The summed E-state index contributed by atoms with van der Waals surface area (Å²) in [5.41, 5.74) is 0.642. The van der Waals surface area contributed by atoms with Gasteiger partial charge in [0.05, 0.1) is 12.6 Å². The molecule has 0 saturated carbocycles. The third-order valence-corrected chi connectivity index (χ3v) is 3.34. The second-order valence-corrected chi connectivity index (χ2v) is 4.86. The summed E-state index contributed by atoms with van der Waals surface area (Å²) in [6.07, 6.45) is 1.61. The van der Waals surface area contributed by atoms with Crippen molar-refractivity contribution in [2.75, 3.05) is 7.11 Å². The monoisotopic (exact) mass is 309 g/mol. The molecule has 0 aliphatic heterocycles. The van der Waals surface area contributed by atoms with E-state index in [2.05, 4.69) is 15.9 Å². The predicted octanol–water partition coefficient (Wildman–Crippen LogP) is 2.50. The van der Waals surface area contributed by atoms with E-state index in [9.17, 15) is 9.59 Å². The highest BCUT2D eigenvalue weighted by atomic mass is 79.9. The topological polar surface area (TPSA) is 48.3 Å². The van der Waals surface area contributed by atoms with Gasteiger partial charge in [0.25, 0.3) is 0 Å². The normalized spacial score (nSPS) is 12.4. The molecule has 0 aliphatic rings. The third kappa shape index (κ3) is 2.18. The molecule has 94 valence electrons. The molecule has 2 rings (SSSR count). The Balaban J connectivity index is 2.70. The van der Waals surface area contributed by atoms with Crippen molar-refractivity contribution in [3.8, 4) is 0 Å². The van der Waals surface area contributed by atoms with Crippen LogP contribution in [-0.2, 0) is 9.53 Å². The largest absolute Gasteiger partial charge is 0.467 e. The van der Waals surface area contributed by atoms with E-state index in [0.717, 1.165) is 4.47 Å². The van der Waals surface area contributed by atoms with Crippen LogP contribution in [0.4, 0.5) is 0 Å². The molecule has 0 N–H and O–H groups in total. The molecule has 0 spiro atoms. The van der Waals surface area contributed by atoms with E-state index in [1.165, 1.54) is 13.2 Å². The molecule has 2 aromatic rings. The van der Waals surface area contributed by atoms with E-state index in [-0.39, 0.29) is 11.4 Å². The van der Waals surface area contributed by atoms with Gasteiger partial charge in [0.2, 0.25) is 0 Å². The van der Waals surface area contributed by atoms with Crippen molar-refractivity contribution < 1.29 is 9.53 Å². The number of carbonyl (C=O) groups excluding carboxylic acids is 1. The maximum Gasteiger partial charge on any atom is 0.328 e. The van der Waals surface area contributed by atoms with Gasteiger partial charge in [-0.25, -0.2) is 4.79 Å². The van der Waals surface area contributed by atoms with Gasteiger partial charge in [-0.05, 0) is 25.1 Å². The van der Waals surface area contributed by atoms with Crippen LogP contribution >= 0.6 is 15.9 Å². The van der Waals surface area contributed by atoms with Gasteiger partial charge in [-0.3, -0.25) is 4.79 Å². The highest BCUT2D eigenvalue weighted by Crippen LogP contribution is 2.20. The van der Waals surface area contributed by atoms with Crippen LogP contribution in [-0.4, -0.2) is 17.6 Å². The molecular formula is C13H12BrNO3. The molecule has 18 heavy (non-hydrogen) atoms. The molecule has 1 heterocycles. The highest BCUT2D eigenvalue weighted by molar-refractivity contribution is 9.10. The van der Waals surface area contributed by atoms with E-state index < -0.39 is 6.04 Å². The van der Waals surface area contributed by atoms with Gasteiger partial charge in [-0.2, -0.15) is 0 Å². The lowest BCUT2D eigenvalue weighted by Gasteiger charge is -2.16. The number of methoxy groups -OCH3 is 1. The molecule has 1 aromatic heterocycles. The first-order valence-corrected chi connectivity index (χ1v) is 6.22. The molecule has 0 radical (unpaired) electrons. The Labute approximate surface area is 112 Å². The zero-order chi connectivity index (χ0) is 13.3. The van der Waals surface area contributed by atoms with Gasteiger partial charge in [-0.15, -0.1) is 0 Å². The van der Waals surface area contributed by atoms with Gasteiger partial charge in [0.15, 0.2) is 5.43 Å². The molecular weight excluding hydrogens is 298 g/mol. The first-order valence-electron chi connectivity index (χ1n) is 5.43. The van der Waals surface area contributed by atoms with E-state index in [0.29, 0.717) is 10.9 Å². The SMILES string of the molecule is COC(=O)C(C)n1ccc(=O)c2cc(Br)ccc21. The zero-order valence-corrected chi connectivity index (χ0v) is 11.6. The number of carbonyl (C=O) groups is 1. The minimum Gasteiger partial charge on any atom is -0.467 e. The van der Waals surface area contributed by atoms with Gasteiger partial charge in [0.1, 0.15) is 6.04 Å². The summed E-state index contributed by atoms with van der Waals surface area (Å²) in [6, 6.07) is 6.37. The lowest BCUT2D eigenvalue weighted by atomic mass is 10.2. The Morgan fingerprint density at radius 2 is 2.11 bits per heavy atom. The lowest BCUT2D eigenvalue weighted by molar-refractivity contribution is -0.143. The first kappa shape index (κ1) is 12.8. The number of fused-ring (bicyclic) bond motifs is 1. The fourth-order valence-corrected chi connectivity index (χ4v) is 2.23. The fourth-order valence-electron chi connectivity index (χ4n) is 1.87. The van der Waals surface area contributed by atoms with Crippen LogP contribution in [0.25, 0.3) is 10.9 Å². The van der Waals surface area contributed by atoms with E-state index in [4.69, 9.17) is 4.74 Å². The molecule has 1 atom stereocenters. The molecule has 0 amide bonds. The van der Waals surface area contributed by atoms with Crippen LogP contribution < -0.4 is 5.43 Å². The van der Waals surface area contributed by atoms with Crippen molar-refractivity contribution in [1.29, 1.82) is 0 Å². The van der Waals surface area contributed by atoms with Crippen LogP contribution in [0.3, 0.4) is 0 Å². The highest BCUT2D eigenvalue weighted by Gasteiger charge is 2.16. The van der Waals surface area contributed by atoms with E-state index in [1.807, 2.05) is 6.07 Å². The van der Waals surface area contributed by atoms with Crippen LogP contribution in [0.1, 0.15) is 13.0 Å². The Morgan fingerprint density at radius 3 is 2.78 bits per heavy atom. The molecule has 1 aromatic carbocycles. The number of esters is 1. The van der Waals surface area contributed by atoms with Crippen LogP contribution in [0.15, 0.2) is 39.7 Å². The van der Waals surface area contributed by atoms with Gasteiger partial charge in [0, 0.05) is 22.1 Å². The first-order chi connectivity index (χ1) is 8.54. The molecule has 1 unspecified atom stereocenters. The second kappa shape index (κ2) is 4.94. The van der Waals surface area contributed by atoms with Gasteiger partial charge < -0.3 is 9.30 Å². The third-order valence-electron chi connectivity index (χ3n) is 2.85.